The molecule has 1 amide bonds. The van der Waals surface area contributed by atoms with Gasteiger partial charge in [0.2, 0.25) is 6.10 Å². The Bertz CT molecular complexity index is 1600. The molecule has 1 N–H and O–H groups in total. The van der Waals surface area contributed by atoms with Gasteiger partial charge in [-0.2, -0.15) is 0 Å². The first-order valence-electron chi connectivity index (χ1n) is 10.8. The molecule has 168 valence electrons. The van der Waals surface area contributed by atoms with Gasteiger partial charge < -0.3 is 4.74 Å². The summed E-state index contributed by atoms with van der Waals surface area (Å²) in [6.07, 6.45) is -1.16. The Hall–Kier alpha value is -4.16. The monoisotopic (exact) mass is 467 g/mol. The fourth-order valence-electron chi connectivity index (χ4n) is 3.86. The zero-order chi connectivity index (χ0) is 23.5. The van der Waals surface area contributed by atoms with E-state index in [0.29, 0.717) is 11.3 Å². The van der Waals surface area contributed by atoms with E-state index >= 15 is 0 Å². The number of hydrogen-bond donors (Lipinski definition) is 1. The molecule has 5 rings (SSSR count). The molecule has 5 aromatic carbocycles. The molecule has 0 spiro atoms. The fraction of sp³-hybridized carbons (Fsp3) is 0.0357. The van der Waals surface area contributed by atoms with E-state index in [1.54, 1.807) is 42.5 Å². The maximum atomic E-state index is 13.3. The third-order valence-electron chi connectivity index (χ3n) is 5.58. The van der Waals surface area contributed by atoms with E-state index in [0.717, 1.165) is 21.5 Å². The lowest BCUT2D eigenvalue weighted by Crippen LogP contribution is -2.36. The second-order valence-corrected chi connectivity index (χ2v) is 9.58. The minimum atomic E-state index is -4.12. The van der Waals surface area contributed by atoms with Crippen LogP contribution in [0.2, 0.25) is 0 Å². The van der Waals surface area contributed by atoms with Crippen molar-refractivity contribution < 1.29 is 17.9 Å². The van der Waals surface area contributed by atoms with Crippen LogP contribution in [0.15, 0.2) is 120 Å². The molecule has 0 bridgehead atoms. The lowest BCUT2D eigenvalue weighted by atomic mass is 10.0. The van der Waals surface area contributed by atoms with Gasteiger partial charge in [-0.15, -0.1) is 0 Å². The summed E-state index contributed by atoms with van der Waals surface area (Å²) in [6.45, 7) is 0. The first kappa shape index (κ1) is 21.7. The summed E-state index contributed by atoms with van der Waals surface area (Å²) in [6, 6.07) is 34.3. The molecule has 0 radical (unpaired) electrons. The summed E-state index contributed by atoms with van der Waals surface area (Å²) in [7, 11) is -4.12. The Morgan fingerprint density at radius 1 is 0.647 bits per heavy atom. The number of para-hydroxylation sites is 1. The summed E-state index contributed by atoms with van der Waals surface area (Å²) < 4.78 is 34.4. The highest BCUT2D eigenvalue weighted by Gasteiger charge is 2.28. The van der Waals surface area contributed by atoms with Crippen molar-refractivity contribution in [2.24, 2.45) is 0 Å². The van der Waals surface area contributed by atoms with E-state index in [-0.39, 0.29) is 4.90 Å². The van der Waals surface area contributed by atoms with E-state index < -0.39 is 22.0 Å². The van der Waals surface area contributed by atoms with E-state index in [4.69, 9.17) is 4.74 Å². The molecule has 0 aliphatic rings. The molecule has 0 fully saturated rings. The van der Waals surface area contributed by atoms with E-state index in [9.17, 15) is 13.2 Å². The van der Waals surface area contributed by atoms with Crippen LogP contribution in [0.5, 0.6) is 5.75 Å². The fourth-order valence-corrected chi connectivity index (χ4v) is 4.88. The first-order valence-corrected chi connectivity index (χ1v) is 12.2. The third-order valence-corrected chi connectivity index (χ3v) is 6.92. The highest BCUT2D eigenvalue weighted by atomic mass is 32.2. The third kappa shape index (κ3) is 4.49. The normalized spacial score (nSPS) is 12.4. The van der Waals surface area contributed by atoms with Crippen LogP contribution in [-0.4, -0.2) is 14.3 Å². The Morgan fingerprint density at radius 2 is 1.21 bits per heavy atom. The highest BCUT2D eigenvalue weighted by Crippen LogP contribution is 2.27. The SMILES string of the molecule is O=C(NS(=O)(=O)c1ccc2ccccc2c1)C(Oc1ccccc1)c1ccc2ccccc2c1. The van der Waals surface area contributed by atoms with Crippen LogP contribution in [0.1, 0.15) is 11.7 Å². The predicted molar refractivity (Wildman–Crippen MR) is 133 cm³/mol. The molecule has 6 heteroatoms. The molecule has 1 unspecified atom stereocenters. The molecular formula is C28H21NO4S. The number of sulfonamides is 1. The number of amides is 1. The molecule has 0 aliphatic heterocycles. The van der Waals surface area contributed by atoms with Crippen LogP contribution >= 0.6 is 0 Å². The predicted octanol–water partition coefficient (Wildman–Crippen LogP) is 5.62. The standard InChI is InChI=1S/C28H21NO4S/c30-28(29-34(31,32)26-17-16-21-9-5-7-11-23(21)19-26)27(33-25-12-2-1-3-13-25)24-15-14-20-8-4-6-10-22(20)18-24/h1-19,27H,(H,29,30). The maximum Gasteiger partial charge on any atom is 0.279 e. The number of carbonyl (C=O) groups is 1. The number of fused-ring (bicyclic) bond motifs is 2. The molecule has 0 saturated heterocycles. The highest BCUT2D eigenvalue weighted by molar-refractivity contribution is 7.90. The van der Waals surface area contributed by atoms with Crippen LogP contribution in [-0.2, 0) is 14.8 Å². The van der Waals surface area contributed by atoms with Crippen LogP contribution in [0.4, 0.5) is 0 Å². The number of nitrogens with one attached hydrogen (secondary N) is 1. The summed E-state index contributed by atoms with van der Waals surface area (Å²) in [4.78, 5) is 13.3. The van der Waals surface area contributed by atoms with Crippen LogP contribution in [0.25, 0.3) is 21.5 Å². The van der Waals surface area contributed by atoms with Gasteiger partial charge in [0.1, 0.15) is 5.75 Å². The van der Waals surface area contributed by atoms with Gasteiger partial charge in [-0.3, -0.25) is 4.79 Å². The Kier molecular flexibility index (Phi) is 5.74. The number of rotatable bonds is 6. The van der Waals surface area contributed by atoms with Crippen molar-refractivity contribution in [3.63, 3.8) is 0 Å². The largest absolute Gasteiger partial charge is 0.476 e. The zero-order valence-electron chi connectivity index (χ0n) is 18.1. The Balaban J connectivity index is 1.49. The quantitative estimate of drug-likeness (QED) is 0.352. The zero-order valence-corrected chi connectivity index (χ0v) is 18.9. The van der Waals surface area contributed by atoms with Crippen molar-refractivity contribution in [3.8, 4) is 5.75 Å². The molecule has 0 aliphatic carbocycles. The smallest absolute Gasteiger partial charge is 0.279 e. The molecule has 5 aromatic rings. The molecule has 0 heterocycles. The van der Waals surface area contributed by atoms with Gasteiger partial charge in [0.15, 0.2) is 0 Å². The molecule has 5 nitrogen and oxygen atoms in total. The lowest BCUT2D eigenvalue weighted by molar-refractivity contribution is -0.126. The van der Waals surface area contributed by atoms with Crippen LogP contribution in [0, 0.1) is 0 Å². The molecule has 1 atom stereocenters. The molecular weight excluding hydrogens is 446 g/mol. The second kappa shape index (κ2) is 9.00. The van der Waals surface area contributed by atoms with Gasteiger partial charge >= 0.3 is 0 Å². The summed E-state index contributed by atoms with van der Waals surface area (Å²) >= 11 is 0. The van der Waals surface area contributed by atoms with Gasteiger partial charge in [-0.25, -0.2) is 13.1 Å². The summed E-state index contributed by atoms with van der Waals surface area (Å²) in [5.41, 5.74) is 0.550. The van der Waals surface area contributed by atoms with Crippen molar-refractivity contribution in [2.75, 3.05) is 0 Å². The molecule has 0 saturated carbocycles. The Morgan fingerprint density at radius 3 is 1.88 bits per heavy atom. The summed E-state index contributed by atoms with van der Waals surface area (Å²) in [5.74, 6) is -0.314. The summed E-state index contributed by atoms with van der Waals surface area (Å²) in [5, 5.41) is 3.61. The van der Waals surface area contributed by atoms with Gasteiger partial charge in [0.05, 0.1) is 4.90 Å². The van der Waals surface area contributed by atoms with Gasteiger partial charge in [-0.1, -0.05) is 84.9 Å². The average Bonchev–Trinajstić information content (AvgIpc) is 2.87. The van der Waals surface area contributed by atoms with Gasteiger partial charge in [0, 0.05) is 5.56 Å². The van der Waals surface area contributed by atoms with E-state index in [2.05, 4.69) is 4.72 Å². The van der Waals surface area contributed by atoms with Crippen molar-refractivity contribution in [3.05, 3.63) is 121 Å². The second-order valence-electron chi connectivity index (χ2n) is 7.90. The van der Waals surface area contributed by atoms with E-state index in [1.807, 2.05) is 66.7 Å². The van der Waals surface area contributed by atoms with Gasteiger partial charge in [-0.05, 0) is 51.9 Å². The van der Waals surface area contributed by atoms with Crippen molar-refractivity contribution in [1.29, 1.82) is 0 Å². The average molecular weight is 468 g/mol. The lowest BCUT2D eigenvalue weighted by Gasteiger charge is -2.20. The van der Waals surface area contributed by atoms with Crippen molar-refractivity contribution >= 4 is 37.5 Å². The van der Waals surface area contributed by atoms with Crippen molar-refractivity contribution in [1.82, 2.24) is 4.72 Å². The van der Waals surface area contributed by atoms with Gasteiger partial charge in [0.25, 0.3) is 15.9 Å². The minimum absolute atomic E-state index is 0.0107. The van der Waals surface area contributed by atoms with Crippen LogP contribution in [0.3, 0.4) is 0 Å². The minimum Gasteiger partial charge on any atom is -0.476 e. The number of hydrogen-bond acceptors (Lipinski definition) is 4. The van der Waals surface area contributed by atoms with E-state index in [1.165, 1.54) is 6.07 Å². The topological polar surface area (TPSA) is 72.5 Å². The Labute approximate surface area is 197 Å². The van der Waals surface area contributed by atoms with Crippen LogP contribution < -0.4 is 9.46 Å². The maximum absolute atomic E-state index is 13.3. The van der Waals surface area contributed by atoms with Crippen molar-refractivity contribution in [2.45, 2.75) is 11.0 Å². The number of ether oxygens (including phenoxy) is 1. The molecule has 0 aromatic heterocycles. The molecule has 34 heavy (non-hydrogen) atoms. The first-order chi connectivity index (χ1) is 16.5. The number of benzene rings is 5. The number of carbonyl (C=O) groups excluding carboxylic acids is 1.